The van der Waals surface area contributed by atoms with Crippen molar-refractivity contribution in [3.63, 3.8) is 0 Å². The molecule has 0 radical (unpaired) electrons. The fraction of sp³-hybridized carbons (Fsp3) is 0.733. The largest absolute Gasteiger partial charge is 0.379 e. The molecule has 0 unspecified atom stereocenters. The Morgan fingerprint density at radius 1 is 1.10 bits per heavy atom. The van der Waals surface area contributed by atoms with Crippen molar-refractivity contribution >= 4 is 11.6 Å². The van der Waals surface area contributed by atoms with Crippen molar-refractivity contribution in [1.29, 1.82) is 0 Å². The highest BCUT2D eigenvalue weighted by atomic mass is 16.5. The van der Waals surface area contributed by atoms with Crippen LogP contribution in [-0.2, 0) is 4.74 Å². The van der Waals surface area contributed by atoms with Gasteiger partial charge in [0.2, 0.25) is 0 Å². The van der Waals surface area contributed by atoms with E-state index < -0.39 is 0 Å². The fourth-order valence-corrected chi connectivity index (χ4v) is 2.04. The first-order chi connectivity index (χ1) is 9.56. The maximum atomic E-state index is 5.53. The Balaban J connectivity index is 2.47. The average Bonchev–Trinajstić information content (AvgIpc) is 2.41. The van der Waals surface area contributed by atoms with E-state index in [0.717, 1.165) is 43.2 Å². The molecule has 0 amide bonds. The number of anilines is 2. The fourth-order valence-electron chi connectivity index (χ4n) is 2.04. The van der Waals surface area contributed by atoms with Crippen LogP contribution in [0.1, 0.15) is 52.0 Å². The molecule has 1 aromatic heterocycles. The Morgan fingerprint density at radius 2 is 1.80 bits per heavy atom. The summed E-state index contributed by atoms with van der Waals surface area (Å²) in [5.74, 6) is 2.22. The van der Waals surface area contributed by atoms with Crippen molar-refractivity contribution < 1.29 is 4.74 Å². The zero-order valence-electron chi connectivity index (χ0n) is 13.4. The van der Waals surface area contributed by atoms with Crippen LogP contribution in [0.2, 0.25) is 0 Å². The van der Waals surface area contributed by atoms with Crippen LogP contribution in [0.5, 0.6) is 0 Å². The minimum absolute atomic E-state index is 0.315. The van der Waals surface area contributed by atoms with E-state index in [4.69, 9.17) is 4.74 Å². The predicted octanol–water partition coefficient (Wildman–Crippen LogP) is 3.26. The molecule has 0 atom stereocenters. The number of aromatic nitrogens is 2. The predicted molar refractivity (Wildman–Crippen MR) is 84.5 cm³/mol. The molecular weight excluding hydrogens is 252 g/mol. The second-order valence-electron chi connectivity index (χ2n) is 5.44. The molecule has 1 aromatic rings. The van der Waals surface area contributed by atoms with Gasteiger partial charge in [0.05, 0.1) is 6.10 Å². The molecule has 0 fully saturated rings. The molecule has 0 aliphatic heterocycles. The van der Waals surface area contributed by atoms with Crippen molar-refractivity contribution in [1.82, 2.24) is 9.97 Å². The number of ether oxygens (including phenoxy) is 1. The summed E-state index contributed by atoms with van der Waals surface area (Å²) in [5, 5.41) is 6.54. The Hall–Kier alpha value is -1.36. The quantitative estimate of drug-likeness (QED) is 0.680. The third kappa shape index (κ3) is 5.33. The lowest BCUT2D eigenvalue weighted by atomic mass is 10.0. The van der Waals surface area contributed by atoms with E-state index >= 15 is 0 Å². The van der Waals surface area contributed by atoms with Gasteiger partial charge in [0, 0.05) is 25.8 Å². The van der Waals surface area contributed by atoms with Gasteiger partial charge in [-0.2, -0.15) is 0 Å². The van der Waals surface area contributed by atoms with E-state index in [9.17, 15) is 0 Å². The van der Waals surface area contributed by atoms with Crippen molar-refractivity contribution in [2.45, 2.75) is 52.6 Å². The Morgan fingerprint density at radius 3 is 2.40 bits per heavy atom. The van der Waals surface area contributed by atoms with Crippen molar-refractivity contribution in [2.24, 2.45) is 0 Å². The Kier molecular flexibility index (Phi) is 7.30. The van der Waals surface area contributed by atoms with E-state index in [2.05, 4.69) is 48.3 Å². The first-order valence-corrected chi connectivity index (χ1v) is 7.44. The lowest BCUT2D eigenvalue weighted by Gasteiger charge is -2.16. The average molecular weight is 280 g/mol. The molecular formula is C15H28N4O. The lowest BCUT2D eigenvalue weighted by Crippen LogP contribution is -2.11. The molecule has 0 saturated heterocycles. The molecule has 1 heterocycles. The third-order valence-electron chi connectivity index (χ3n) is 3.01. The van der Waals surface area contributed by atoms with E-state index in [1.165, 1.54) is 0 Å². The van der Waals surface area contributed by atoms with Gasteiger partial charge in [-0.1, -0.05) is 13.8 Å². The molecule has 0 aromatic carbocycles. The van der Waals surface area contributed by atoms with E-state index in [-0.39, 0.29) is 0 Å². The first-order valence-electron chi connectivity index (χ1n) is 7.44. The molecule has 2 N–H and O–H groups in total. The minimum atomic E-state index is 0.315. The molecule has 0 spiro atoms. The summed E-state index contributed by atoms with van der Waals surface area (Å²) in [6, 6.07) is 0. The van der Waals surface area contributed by atoms with Crippen LogP contribution in [0.15, 0.2) is 6.33 Å². The summed E-state index contributed by atoms with van der Waals surface area (Å²) in [4.78, 5) is 8.64. The lowest BCUT2D eigenvalue weighted by molar-refractivity contribution is 0.0765. The van der Waals surface area contributed by atoms with Crippen molar-refractivity contribution in [3.05, 3.63) is 11.9 Å². The molecule has 1 rings (SSSR count). The summed E-state index contributed by atoms with van der Waals surface area (Å²) in [7, 11) is 1.89. The monoisotopic (exact) mass is 280 g/mol. The number of rotatable bonds is 9. The third-order valence-corrected chi connectivity index (χ3v) is 3.01. The van der Waals surface area contributed by atoms with Gasteiger partial charge in [0.25, 0.3) is 0 Å². The molecule has 0 saturated carbocycles. The minimum Gasteiger partial charge on any atom is -0.379 e. The zero-order chi connectivity index (χ0) is 15.0. The Labute approximate surface area is 122 Å². The molecule has 5 nitrogen and oxygen atoms in total. The first kappa shape index (κ1) is 16.7. The summed E-state index contributed by atoms with van der Waals surface area (Å²) in [5.41, 5.74) is 1.15. The van der Waals surface area contributed by atoms with Gasteiger partial charge in [-0.15, -0.1) is 0 Å². The molecule has 20 heavy (non-hydrogen) atoms. The second-order valence-corrected chi connectivity index (χ2v) is 5.44. The van der Waals surface area contributed by atoms with Crippen molar-refractivity contribution in [3.8, 4) is 0 Å². The maximum absolute atomic E-state index is 5.53. The smallest absolute Gasteiger partial charge is 0.134 e. The van der Waals surface area contributed by atoms with Crippen LogP contribution in [0.4, 0.5) is 11.6 Å². The highest BCUT2D eigenvalue weighted by Crippen LogP contribution is 2.27. The molecule has 0 aliphatic carbocycles. The van der Waals surface area contributed by atoms with Gasteiger partial charge in [-0.3, -0.25) is 0 Å². The summed E-state index contributed by atoms with van der Waals surface area (Å²) in [6.07, 6.45) is 4.05. The number of hydrogen-bond donors (Lipinski definition) is 2. The number of nitrogens with one attached hydrogen (secondary N) is 2. The number of hydrogen-bond acceptors (Lipinski definition) is 5. The highest BCUT2D eigenvalue weighted by molar-refractivity contribution is 5.58. The van der Waals surface area contributed by atoms with Gasteiger partial charge in [0.15, 0.2) is 0 Å². The topological polar surface area (TPSA) is 59.1 Å². The van der Waals surface area contributed by atoms with Crippen LogP contribution in [-0.4, -0.2) is 36.3 Å². The molecule has 5 heteroatoms. The highest BCUT2D eigenvalue weighted by Gasteiger charge is 2.13. The van der Waals surface area contributed by atoms with Crippen LogP contribution in [0, 0.1) is 0 Å². The second kappa shape index (κ2) is 8.74. The number of nitrogens with zero attached hydrogens (tertiary/aromatic N) is 2. The van der Waals surface area contributed by atoms with Crippen LogP contribution in [0.3, 0.4) is 0 Å². The molecule has 0 aliphatic rings. The SMILES string of the molecule is CNc1ncnc(NCCCCOC(C)C)c1C(C)C. The van der Waals surface area contributed by atoms with Crippen LogP contribution in [0.25, 0.3) is 0 Å². The standard InChI is InChI=1S/C15H28N4O/c1-11(2)13-14(16-5)18-10-19-15(13)17-8-6-7-9-20-12(3)4/h10-12H,6-9H2,1-5H3,(H2,16,17,18,19). The van der Waals surface area contributed by atoms with Crippen molar-refractivity contribution in [2.75, 3.05) is 30.8 Å². The van der Waals surface area contributed by atoms with E-state index in [0.29, 0.717) is 12.0 Å². The summed E-state index contributed by atoms with van der Waals surface area (Å²) in [6.45, 7) is 10.2. The van der Waals surface area contributed by atoms with Gasteiger partial charge < -0.3 is 15.4 Å². The summed E-state index contributed by atoms with van der Waals surface area (Å²) < 4.78 is 5.53. The van der Waals surface area contributed by atoms with Gasteiger partial charge in [-0.05, 0) is 32.6 Å². The van der Waals surface area contributed by atoms with Gasteiger partial charge >= 0.3 is 0 Å². The van der Waals surface area contributed by atoms with Crippen LogP contribution < -0.4 is 10.6 Å². The molecule has 0 bridgehead atoms. The maximum Gasteiger partial charge on any atom is 0.134 e. The summed E-state index contributed by atoms with van der Waals surface area (Å²) >= 11 is 0. The van der Waals surface area contributed by atoms with E-state index in [1.54, 1.807) is 6.33 Å². The Bertz CT molecular complexity index is 393. The normalized spacial score (nSPS) is 11.2. The van der Waals surface area contributed by atoms with E-state index in [1.807, 2.05) is 7.05 Å². The number of unbranched alkanes of at least 4 members (excludes halogenated alkanes) is 1. The van der Waals surface area contributed by atoms with Gasteiger partial charge in [0.1, 0.15) is 18.0 Å². The van der Waals surface area contributed by atoms with Gasteiger partial charge in [-0.25, -0.2) is 9.97 Å². The molecule has 114 valence electrons. The van der Waals surface area contributed by atoms with Crippen LogP contribution >= 0.6 is 0 Å². The zero-order valence-corrected chi connectivity index (χ0v) is 13.4.